The Bertz CT molecular complexity index is 1200. The predicted octanol–water partition coefficient (Wildman–Crippen LogP) is 4.21. The van der Waals surface area contributed by atoms with Crippen LogP contribution in [0.25, 0.3) is 22.3 Å². The predicted molar refractivity (Wildman–Crippen MR) is 123 cm³/mol. The van der Waals surface area contributed by atoms with Crippen molar-refractivity contribution < 1.29 is 5.11 Å². The second-order valence-electron chi connectivity index (χ2n) is 7.88. The van der Waals surface area contributed by atoms with Crippen LogP contribution in [0, 0.1) is 5.92 Å². The van der Waals surface area contributed by atoms with Gasteiger partial charge in [0.1, 0.15) is 5.65 Å². The van der Waals surface area contributed by atoms with Gasteiger partial charge in [0.2, 0.25) is 5.95 Å². The molecule has 0 bridgehead atoms. The number of hydrogen-bond donors (Lipinski definition) is 3. The Morgan fingerprint density at radius 1 is 1.06 bits per heavy atom. The summed E-state index contributed by atoms with van der Waals surface area (Å²) in [6.07, 6.45) is 6.71. The van der Waals surface area contributed by atoms with Gasteiger partial charge in [0.15, 0.2) is 0 Å². The number of halogens is 1. The molecule has 1 aliphatic rings. The molecule has 8 heteroatoms. The van der Waals surface area contributed by atoms with Gasteiger partial charge in [-0.1, -0.05) is 23.7 Å². The van der Waals surface area contributed by atoms with E-state index in [0.29, 0.717) is 5.02 Å². The monoisotopic (exact) mass is 434 g/mol. The van der Waals surface area contributed by atoms with Gasteiger partial charge < -0.3 is 20.7 Å². The Morgan fingerprint density at radius 3 is 2.55 bits per heavy atom. The number of benzene rings is 1. The van der Waals surface area contributed by atoms with Gasteiger partial charge in [-0.15, -0.1) is 0 Å². The number of aliphatic hydroxyl groups is 1. The maximum absolute atomic E-state index is 10.8. The number of H-pyrrole nitrogens is 1. The quantitative estimate of drug-likeness (QED) is 0.444. The second kappa shape index (κ2) is 8.17. The second-order valence-corrected chi connectivity index (χ2v) is 8.31. The van der Waals surface area contributed by atoms with Crippen LogP contribution in [0.15, 0.2) is 55.0 Å². The fourth-order valence-corrected chi connectivity index (χ4v) is 4.54. The van der Waals surface area contributed by atoms with Crippen molar-refractivity contribution in [2.24, 2.45) is 5.92 Å². The number of nitrogens with zero attached hydrogens (tertiary/aromatic N) is 4. The van der Waals surface area contributed by atoms with Gasteiger partial charge in [0.25, 0.3) is 0 Å². The molecule has 158 valence electrons. The van der Waals surface area contributed by atoms with Gasteiger partial charge in [0, 0.05) is 48.0 Å². The number of fused-ring (bicyclic) bond motifs is 1. The van der Waals surface area contributed by atoms with Gasteiger partial charge in [-0.3, -0.25) is 0 Å². The van der Waals surface area contributed by atoms with Crippen molar-refractivity contribution in [1.82, 2.24) is 19.9 Å². The molecule has 1 aromatic carbocycles. The molecule has 31 heavy (non-hydrogen) atoms. The van der Waals surface area contributed by atoms with E-state index < -0.39 is 6.10 Å². The minimum atomic E-state index is -0.483. The molecule has 0 spiro atoms. The summed E-state index contributed by atoms with van der Waals surface area (Å²) in [5, 5.41) is 12.6. The van der Waals surface area contributed by atoms with E-state index in [1.807, 2.05) is 48.8 Å². The molecule has 0 aliphatic carbocycles. The number of nitrogens with two attached hydrogens (primary N) is 1. The number of aromatic amines is 1. The molecule has 1 unspecified atom stereocenters. The van der Waals surface area contributed by atoms with E-state index >= 15 is 0 Å². The first kappa shape index (κ1) is 19.8. The first-order valence-electron chi connectivity index (χ1n) is 10.3. The first-order valence-corrected chi connectivity index (χ1v) is 10.7. The Labute approximate surface area is 184 Å². The van der Waals surface area contributed by atoms with E-state index in [9.17, 15) is 5.11 Å². The van der Waals surface area contributed by atoms with Crippen LogP contribution in [0.4, 0.5) is 11.6 Å². The molecule has 0 saturated carbocycles. The van der Waals surface area contributed by atoms with E-state index in [1.165, 1.54) is 0 Å². The molecule has 1 aliphatic heterocycles. The lowest BCUT2D eigenvalue weighted by Crippen LogP contribution is -2.35. The smallest absolute Gasteiger partial charge is 0.220 e. The fourth-order valence-electron chi connectivity index (χ4n) is 4.42. The highest BCUT2D eigenvalue weighted by molar-refractivity contribution is 6.30. The summed E-state index contributed by atoms with van der Waals surface area (Å²) in [5.41, 5.74) is 10.4. The molecule has 7 nitrogen and oxygen atoms in total. The summed E-state index contributed by atoms with van der Waals surface area (Å²) in [6, 6.07) is 11.4. The standard InChI is InChI=1S/C23H23ClN6O/c24-16-3-1-14(2-4-16)21(31)15-7-11-30(12-8-15)19-6-10-26-22-20(19)17(13-28-22)18-5-9-27-23(25)29-18/h1-6,9-10,13,15,21,31H,7-8,11-12H2,(H,26,28)(H2,25,27,29). The van der Waals surface area contributed by atoms with Crippen LogP contribution >= 0.6 is 11.6 Å². The van der Waals surface area contributed by atoms with Crippen LogP contribution in [0.2, 0.25) is 5.02 Å². The van der Waals surface area contributed by atoms with Gasteiger partial charge in [0.05, 0.1) is 17.2 Å². The van der Waals surface area contributed by atoms with Crippen molar-refractivity contribution in [3.63, 3.8) is 0 Å². The van der Waals surface area contributed by atoms with Crippen LogP contribution in [-0.2, 0) is 0 Å². The summed E-state index contributed by atoms with van der Waals surface area (Å²) >= 11 is 5.98. The van der Waals surface area contributed by atoms with Crippen LogP contribution in [-0.4, -0.2) is 38.1 Å². The van der Waals surface area contributed by atoms with E-state index in [4.69, 9.17) is 17.3 Å². The highest BCUT2D eigenvalue weighted by Gasteiger charge is 2.28. The number of aromatic nitrogens is 4. The summed E-state index contributed by atoms with van der Waals surface area (Å²) in [5.74, 6) is 0.455. The molecule has 1 fully saturated rings. The minimum absolute atomic E-state index is 0.210. The highest BCUT2D eigenvalue weighted by atomic mass is 35.5. The molecule has 1 atom stereocenters. The van der Waals surface area contributed by atoms with Gasteiger partial charge in [-0.25, -0.2) is 15.0 Å². The lowest BCUT2D eigenvalue weighted by atomic mass is 9.87. The Balaban J connectivity index is 1.40. The van der Waals surface area contributed by atoms with Crippen molar-refractivity contribution in [3.05, 3.63) is 65.6 Å². The maximum Gasteiger partial charge on any atom is 0.220 e. The van der Waals surface area contributed by atoms with Crippen molar-refractivity contribution in [1.29, 1.82) is 0 Å². The topological polar surface area (TPSA) is 104 Å². The third-order valence-corrected chi connectivity index (χ3v) is 6.29. The van der Waals surface area contributed by atoms with Gasteiger partial charge >= 0.3 is 0 Å². The van der Waals surface area contributed by atoms with E-state index in [0.717, 1.165) is 59.5 Å². The van der Waals surface area contributed by atoms with Crippen molar-refractivity contribution >= 4 is 34.3 Å². The average Bonchev–Trinajstić information content (AvgIpc) is 3.24. The number of nitrogen functional groups attached to an aromatic ring is 1. The summed E-state index contributed by atoms with van der Waals surface area (Å²) in [4.78, 5) is 18.5. The number of aliphatic hydroxyl groups excluding tert-OH is 1. The molecule has 4 heterocycles. The minimum Gasteiger partial charge on any atom is -0.388 e. The molecule has 0 radical (unpaired) electrons. The van der Waals surface area contributed by atoms with Gasteiger partial charge in [-0.05, 0) is 48.6 Å². The number of pyridine rings is 1. The molecular weight excluding hydrogens is 412 g/mol. The zero-order valence-electron chi connectivity index (χ0n) is 16.9. The van der Waals surface area contributed by atoms with Crippen LogP contribution in [0.5, 0.6) is 0 Å². The number of rotatable bonds is 4. The molecule has 5 rings (SSSR count). The zero-order valence-corrected chi connectivity index (χ0v) is 17.6. The lowest BCUT2D eigenvalue weighted by Gasteiger charge is -2.36. The number of hydrogen-bond acceptors (Lipinski definition) is 6. The largest absolute Gasteiger partial charge is 0.388 e. The third kappa shape index (κ3) is 3.82. The average molecular weight is 435 g/mol. The number of anilines is 2. The summed E-state index contributed by atoms with van der Waals surface area (Å²) in [7, 11) is 0. The lowest BCUT2D eigenvalue weighted by molar-refractivity contribution is 0.0930. The van der Waals surface area contributed by atoms with Crippen molar-refractivity contribution in [2.75, 3.05) is 23.7 Å². The molecule has 0 amide bonds. The SMILES string of the molecule is Nc1nccc(-c2c[nH]c3nccc(N4CCC(C(O)c5ccc(Cl)cc5)CC4)c23)n1. The number of piperidine rings is 1. The fraction of sp³-hybridized carbons (Fsp3) is 0.261. The summed E-state index contributed by atoms with van der Waals surface area (Å²) < 4.78 is 0. The molecule has 1 saturated heterocycles. The molecular formula is C23H23ClN6O. The summed E-state index contributed by atoms with van der Waals surface area (Å²) in [6.45, 7) is 1.70. The normalized spacial score (nSPS) is 16.0. The maximum atomic E-state index is 10.8. The Hall–Kier alpha value is -3.16. The van der Waals surface area contributed by atoms with Crippen LogP contribution < -0.4 is 10.6 Å². The van der Waals surface area contributed by atoms with Crippen LogP contribution in [0.3, 0.4) is 0 Å². The Kier molecular flexibility index (Phi) is 5.21. The Morgan fingerprint density at radius 2 is 1.81 bits per heavy atom. The molecule has 4 N–H and O–H groups in total. The van der Waals surface area contributed by atoms with E-state index in [1.54, 1.807) is 6.20 Å². The van der Waals surface area contributed by atoms with E-state index in [2.05, 4.69) is 24.8 Å². The van der Waals surface area contributed by atoms with Crippen molar-refractivity contribution in [2.45, 2.75) is 18.9 Å². The third-order valence-electron chi connectivity index (χ3n) is 6.04. The number of nitrogens with one attached hydrogen (secondary N) is 1. The van der Waals surface area contributed by atoms with Gasteiger partial charge in [-0.2, -0.15) is 0 Å². The zero-order chi connectivity index (χ0) is 21.4. The van der Waals surface area contributed by atoms with E-state index in [-0.39, 0.29) is 11.9 Å². The van der Waals surface area contributed by atoms with Crippen molar-refractivity contribution in [3.8, 4) is 11.3 Å². The highest BCUT2D eigenvalue weighted by Crippen LogP contribution is 2.38. The molecule has 4 aromatic rings. The first-order chi connectivity index (χ1) is 15.1. The molecule has 3 aromatic heterocycles. The van der Waals surface area contributed by atoms with Crippen LogP contribution in [0.1, 0.15) is 24.5 Å².